The van der Waals surface area contributed by atoms with Crippen molar-refractivity contribution in [3.63, 3.8) is 0 Å². The Balaban J connectivity index is 1.64. The second-order valence-electron chi connectivity index (χ2n) is 9.88. The largest absolute Gasteiger partial charge is 0.396 e. The van der Waals surface area contributed by atoms with Gasteiger partial charge in [-0.05, 0) is 58.8 Å². The number of pyridine rings is 1. The Kier molecular flexibility index (Phi) is 7.42. The molecule has 1 aromatic rings. The molecule has 9 heteroatoms. The van der Waals surface area contributed by atoms with Crippen LogP contribution >= 0.6 is 0 Å². The first-order valence-electron chi connectivity index (χ1n) is 12.4. The molecule has 9 nitrogen and oxygen atoms in total. The molecule has 0 aliphatic carbocycles. The summed E-state index contributed by atoms with van der Waals surface area (Å²) in [5.74, 6) is -0.920. The van der Waals surface area contributed by atoms with Crippen LogP contribution in [-0.2, 0) is 11.3 Å². The topological polar surface area (TPSA) is 107 Å². The van der Waals surface area contributed by atoms with E-state index in [9.17, 15) is 19.5 Å². The van der Waals surface area contributed by atoms with Gasteiger partial charge in [-0.15, -0.1) is 0 Å². The third-order valence-electron chi connectivity index (χ3n) is 7.29. The molecule has 2 saturated heterocycles. The number of aliphatic hydroxyl groups excluding tert-OH is 1. The molecule has 3 aliphatic heterocycles. The Morgan fingerprint density at radius 2 is 1.97 bits per heavy atom. The Hall–Kier alpha value is -2.65. The van der Waals surface area contributed by atoms with Gasteiger partial charge in [0.2, 0.25) is 5.91 Å². The maximum absolute atomic E-state index is 13.4. The quantitative estimate of drug-likeness (QED) is 0.554. The van der Waals surface area contributed by atoms with E-state index in [1.807, 2.05) is 32.9 Å². The minimum atomic E-state index is -0.795. The number of rotatable bonds is 7. The summed E-state index contributed by atoms with van der Waals surface area (Å²) in [4.78, 5) is 43.7. The summed E-state index contributed by atoms with van der Waals surface area (Å²) in [7, 11) is 0. The first-order chi connectivity index (χ1) is 16.4. The van der Waals surface area contributed by atoms with E-state index in [1.165, 1.54) is 12.8 Å². The molecule has 3 amide bonds. The van der Waals surface area contributed by atoms with E-state index in [2.05, 4.69) is 15.5 Å². The molecule has 3 N–H and O–H groups in total. The zero-order valence-electron chi connectivity index (χ0n) is 20.4. The number of carbonyl (C=O) groups excluding carboxylic acids is 2. The maximum atomic E-state index is 13.4. The molecule has 0 spiro atoms. The number of nitrogens with one attached hydrogen (secondary N) is 2. The molecule has 0 bridgehead atoms. The number of nitrogens with zero attached hydrogens (tertiary/aromatic N) is 3. The van der Waals surface area contributed by atoms with Crippen LogP contribution in [0.25, 0.3) is 6.08 Å². The van der Waals surface area contributed by atoms with E-state index in [4.69, 9.17) is 0 Å². The number of aromatic nitrogens is 1. The van der Waals surface area contributed by atoms with Gasteiger partial charge >= 0.3 is 6.03 Å². The lowest BCUT2D eigenvalue weighted by atomic mass is 9.88. The first-order valence-corrected chi connectivity index (χ1v) is 12.4. The number of urea groups is 1. The first kappa shape index (κ1) is 24.5. The summed E-state index contributed by atoms with van der Waals surface area (Å²) >= 11 is 0. The fourth-order valence-corrected chi connectivity index (χ4v) is 5.80. The smallest absolute Gasteiger partial charge is 0.318 e. The van der Waals surface area contributed by atoms with Crippen molar-refractivity contribution in [1.29, 1.82) is 0 Å². The van der Waals surface area contributed by atoms with E-state index < -0.39 is 18.0 Å². The van der Waals surface area contributed by atoms with Gasteiger partial charge in [-0.3, -0.25) is 9.59 Å². The van der Waals surface area contributed by atoms with Crippen LogP contribution in [0.1, 0.15) is 50.9 Å². The molecule has 4 rings (SSSR count). The SMILES string of the molecule is C/C=C/c1ccc2n(c1=O)C[C@@H]1[C@@H](CO)[C@H](C(=O)NCCN3CCCC3)N(C(=O)NC(C)C)[C@H]21. The van der Waals surface area contributed by atoms with Crippen molar-refractivity contribution >= 4 is 18.0 Å². The van der Waals surface area contributed by atoms with Gasteiger partial charge < -0.3 is 30.1 Å². The standard InChI is InChI=1S/C25H37N5O4/c1-4-7-17-8-9-20-21-18(14-29(20)24(17)33)19(15-31)22(30(21)25(34)27-16(2)3)23(32)26-10-13-28-11-5-6-12-28/h4,7-9,16,18-19,21-22,31H,5-6,10-15H2,1-3H3,(H,26,32)(H,27,34)/b7-4+/t18-,19-,21+,22-/m1/s1. The lowest BCUT2D eigenvalue weighted by Gasteiger charge is -2.32. The summed E-state index contributed by atoms with van der Waals surface area (Å²) in [6, 6.07) is 1.94. The van der Waals surface area contributed by atoms with Crippen LogP contribution in [0.4, 0.5) is 4.79 Å². The van der Waals surface area contributed by atoms with E-state index in [-0.39, 0.29) is 36.1 Å². The average Bonchev–Trinajstić information content (AvgIpc) is 3.50. The molecule has 186 valence electrons. The monoisotopic (exact) mass is 471 g/mol. The number of carbonyl (C=O) groups is 2. The van der Waals surface area contributed by atoms with Crippen molar-refractivity contribution in [3.05, 3.63) is 39.8 Å². The van der Waals surface area contributed by atoms with Crippen molar-refractivity contribution < 1.29 is 14.7 Å². The van der Waals surface area contributed by atoms with Gasteiger partial charge in [0.05, 0.1) is 6.04 Å². The number of amides is 3. The van der Waals surface area contributed by atoms with Gasteiger partial charge in [-0.1, -0.05) is 12.2 Å². The lowest BCUT2D eigenvalue weighted by Crippen LogP contribution is -2.54. The van der Waals surface area contributed by atoms with Gasteiger partial charge in [-0.25, -0.2) is 4.79 Å². The number of allylic oxidation sites excluding steroid dienone is 1. The van der Waals surface area contributed by atoms with Crippen LogP contribution in [0.2, 0.25) is 0 Å². The predicted molar refractivity (Wildman–Crippen MR) is 130 cm³/mol. The van der Waals surface area contributed by atoms with Gasteiger partial charge in [0.1, 0.15) is 6.04 Å². The third-order valence-corrected chi connectivity index (χ3v) is 7.29. The van der Waals surface area contributed by atoms with E-state index >= 15 is 0 Å². The minimum absolute atomic E-state index is 0.112. The van der Waals surface area contributed by atoms with Crippen LogP contribution in [0.5, 0.6) is 0 Å². The van der Waals surface area contributed by atoms with E-state index in [0.29, 0.717) is 24.3 Å². The average molecular weight is 472 g/mol. The molecular formula is C25H37N5O4. The van der Waals surface area contributed by atoms with Crippen molar-refractivity contribution in [2.45, 2.75) is 58.3 Å². The number of fused-ring (bicyclic) bond motifs is 3. The Labute approximate surface area is 200 Å². The van der Waals surface area contributed by atoms with Crippen LogP contribution in [0, 0.1) is 11.8 Å². The highest BCUT2D eigenvalue weighted by molar-refractivity contribution is 5.88. The Morgan fingerprint density at radius 1 is 1.24 bits per heavy atom. The van der Waals surface area contributed by atoms with Gasteiger partial charge in [0.15, 0.2) is 0 Å². The molecule has 0 saturated carbocycles. The Morgan fingerprint density at radius 3 is 2.62 bits per heavy atom. The second kappa shape index (κ2) is 10.3. The number of hydrogen-bond acceptors (Lipinski definition) is 5. The third kappa shape index (κ3) is 4.51. The molecule has 4 heterocycles. The van der Waals surface area contributed by atoms with Crippen molar-refractivity contribution in [2.24, 2.45) is 11.8 Å². The fraction of sp³-hybridized carbons (Fsp3) is 0.640. The highest BCUT2D eigenvalue weighted by atomic mass is 16.3. The highest BCUT2D eigenvalue weighted by Gasteiger charge is 2.57. The highest BCUT2D eigenvalue weighted by Crippen LogP contribution is 2.49. The van der Waals surface area contributed by atoms with E-state index in [1.54, 1.807) is 21.6 Å². The molecule has 1 aromatic heterocycles. The molecule has 0 unspecified atom stereocenters. The molecule has 2 fully saturated rings. The summed E-state index contributed by atoms with van der Waals surface area (Å²) < 4.78 is 1.70. The molecular weight excluding hydrogens is 434 g/mol. The molecule has 4 atom stereocenters. The van der Waals surface area contributed by atoms with Gasteiger partial charge in [0, 0.05) is 55.4 Å². The fourth-order valence-electron chi connectivity index (χ4n) is 5.80. The van der Waals surface area contributed by atoms with Crippen LogP contribution in [-0.4, -0.2) is 76.3 Å². The zero-order chi connectivity index (χ0) is 24.4. The number of hydrogen-bond donors (Lipinski definition) is 3. The molecule has 0 radical (unpaired) electrons. The minimum Gasteiger partial charge on any atom is -0.396 e. The molecule has 3 aliphatic rings. The summed E-state index contributed by atoms with van der Waals surface area (Å²) in [6.45, 7) is 9.12. The summed E-state index contributed by atoms with van der Waals surface area (Å²) in [5.41, 5.74) is 1.19. The maximum Gasteiger partial charge on any atom is 0.318 e. The zero-order valence-corrected chi connectivity index (χ0v) is 20.4. The van der Waals surface area contributed by atoms with Crippen molar-refractivity contribution in [2.75, 3.05) is 32.8 Å². The van der Waals surface area contributed by atoms with Crippen LogP contribution < -0.4 is 16.2 Å². The normalized spacial score (nSPS) is 26.3. The van der Waals surface area contributed by atoms with Gasteiger partial charge in [-0.2, -0.15) is 0 Å². The Bertz CT molecular complexity index is 998. The summed E-state index contributed by atoms with van der Waals surface area (Å²) in [6.07, 6.45) is 5.96. The lowest BCUT2D eigenvalue weighted by molar-refractivity contribution is -0.126. The second-order valence-corrected chi connectivity index (χ2v) is 9.88. The molecule has 34 heavy (non-hydrogen) atoms. The van der Waals surface area contributed by atoms with Crippen molar-refractivity contribution in [1.82, 2.24) is 25.0 Å². The predicted octanol–water partition coefficient (Wildman–Crippen LogP) is 1.18. The summed E-state index contributed by atoms with van der Waals surface area (Å²) in [5, 5.41) is 16.3. The van der Waals surface area contributed by atoms with Crippen LogP contribution in [0.3, 0.4) is 0 Å². The van der Waals surface area contributed by atoms with Crippen molar-refractivity contribution in [3.8, 4) is 0 Å². The number of aliphatic hydroxyl groups is 1. The number of likely N-dealkylation sites (tertiary alicyclic amines) is 2. The van der Waals surface area contributed by atoms with Crippen LogP contribution in [0.15, 0.2) is 23.0 Å². The molecule has 0 aromatic carbocycles. The van der Waals surface area contributed by atoms with E-state index in [0.717, 1.165) is 19.6 Å². The van der Waals surface area contributed by atoms with Gasteiger partial charge in [0.25, 0.3) is 5.56 Å².